The molecule has 3 aromatic carbocycles. The standard InChI is InChI=1S/C30H29NO7/c1-19-9-11-23(12-10-19)28(34)20(2)37-27(33)18-17-26(32)31-25-15-13-24(14-16-25)30(36)38-21(3)29(35)22-7-5-4-6-8-22/h4-16,20-21H,17-18H2,1-3H3,(H,31,32)/t20-,21+/m0/s1. The number of ketones is 2. The van der Waals surface area contributed by atoms with Gasteiger partial charge in [0.15, 0.2) is 12.2 Å². The van der Waals surface area contributed by atoms with Crippen LogP contribution in [0, 0.1) is 6.92 Å². The maximum absolute atomic E-state index is 12.4. The molecule has 0 saturated carbocycles. The summed E-state index contributed by atoms with van der Waals surface area (Å²) in [4.78, 5) is 61.6. The van der Waals surface area contributed by atoms with Crippen LogP contribution in [0.25, 0.3) is 0 Å². The van der Waals surface area contributed by atoms with Crippen LogP contribution in [0.2, 0.25) is 0 Å². The van der Waals surface area contributed by atoms with E-state index in [4.69, 9.17) is 9.47 Å². The van der Waals surface area contributed by atoms with Crippen molar-refractivity contribution in [2.24, 2.45) is 0 Å². The van der Waals surface area contributed by atoms with Crippen LogP contribution in [0.15, 0.2) is 78.9 Å². The van der Waals surface area contributed by atoms with Crippen molar-refractivity contribution in [2.45, 2.75) is 45.8 Å². The number of carbonyl (C=O) groups excluding carboxylic acids is 5. The molecule has 0 unspecified atom stereocenters. The number of aryl methyl sites for hydroxylation is 1. The third-order valence-electron chi connectivity index (χ3n) is 5.69. The van der Waals surface area contributed by atoms with Gasteiger partial charge in [0.1, 0.15) is 0 Å². The van der Waals surface area contributed by atoms with E-state index in [1.54, 1.807) is 54.6 Å². The van der Waals surface area contributed by atoms with E-state index < -0.39 is 30.1 Å². The number of hydrogen-bond donors (Lipinski definition) is 1. The molecule has 0 radical (unpaired) electrons. The summed E-state index contributed by atoms with van der Waals surface area (Å²) >= 11 is 0. The van der Waals surface area contributed by atoms with Crippen LogP contribution in [0.1, 0.15) is 63.3 Å². The van der Waals surface area contributed by atoms with Crippen molar-refractivity contribution in [1.82, 2.24) is 0 Å². The minimum atomic E-state index is -0.966. The third-order valence-corrected chi connectivity index (χ3v) is 5.69. The van der Waals surface area contributed by atoms with Gasteiger partial charge in [-0.15, -0.1) is 0 Å². The highest BCUT2D eigenvalue weighted by atomic mass is 16.5. The molecular weight excluding hydrogens is 486 g/mol. The van der Waals surface area contributed by atoms with Crippen LogP contribution in [0.3, 0.4) is 0 Å². The Kier molecular flexibility index (Phi) is 9.65. The minimum Gasteiger partial charge on any atom is -0.454 e. The van der Waals surface area contributed by atoms with E-state index in [2.05, 4.69) is 5.32 Å². The van der Waals surface area contributed by atoms with Gasteiger partial charge in [0, 0.05) is 23.2 Å². The SMILES string of the molecule is Cc1ccc(C(=O)[C@H](C)OC(=O)CCC(=O)Nc2ccc(C(=O)O[C@H](C)C(=O)c3ccccc3)cc2)cc1. The molecule has 0 heterocycles. The number of nitrogens with one attached hydrogen (secondary N) is 1. The molecule has 0 bridgehead atoms. The van der Waals surface area contributed by atoms with E-state index in [-0.39, 0.29) is 30.0 Å². The molecule has 38 heavy (non-hydrogen) atoms. The zero-order valence-electron chi connectivity index (χ0n) is 21.4. The monoisotopic (exact) mass is 515 g/mol. The molecule has 2 atom stereocenters. The lowest BCUT2D eigenvalue weighted by Crippen LogP contribution is -2.25. The molecule has 8 nitrogen and oxygen atoms in total. The van der Waals surface area contributed by atoms with E-state index in [0.29, 0.717) is 16.8 Å². The number of amides is 1. The first-order valence-corrected chi connectivity index (χ1v) is 12.1. The average molecular weight is 516 g/mol. The van der Waals surface area contributed by atoms with Crippen LogP contribution in [-0.4, -0.2) is 41.6 Å². The number of Topliss-reactive ketones (excluding diaryl/α,β-unsaturated/α-hetero) is 2. The van der Waals surface area contributed by atoms with E-state index in [9.17, 15) is 24.0 Å². The molecule has 3 aromatic rings. The predicted molar refractivity (Wildman–Crippen MR) is 141 cm³/mol. The lowest BCUT2D eigenvalue weighted by molar-refractivity contribution is -0.147. The summed E-state index contributed by atoms with van der Waals surface area (Å²) in [5.74, 6) is -2.39. The maximum Gasteiger partial charge on any atom is 0.338 e. The summed E-state index contributed by atoms with van der Waals surface area (Å²) in [5.41, 5.74) is 2.53. The Morgan fingerprint density at radius 1 is 0.658 bits per heavy atom. The fourth-order valence-electron chi connectivity index (χ4n) is 3.51. The van der Waals surface area contributed by atoms with Gasteiger partial charge < -0.3 is 14.8 Å². The molecule has 3 rings (SSSR count). The highest BCUT2D eigenvalue weighted by molar-refractivity contribution is 6.02. The van der Waals surface area contributed by atoms with Crippen molar-refractivity contribution in [3.8, 4) is 0 Å². The van der Waals surface area contributed by atoms with E-state index in [1.807, 2.05) is 6.92 Å². The topological polar surface area (TPSA) is 116 Å². The molecule has 0 spiro atoms. The van der Waals surface area contributed by atoms with Gasteiger partial charge in [0.05, 0.1) is 12.0 Å². The van der Waals surface area contributed by atoms with Crippen molar-refractivity contribution in [3.63, 3.8) is 0 Å². The van der Waals surface area contributed by atoms with Gasteiger partial charge >= 0.3 is 11.9 Å². The number of carbonyl (C=O) groups is 5. The Balaban J connectivity index is 1.43. The third kappa shape index (κ3) is 7.96. The Morgan fingerprint density at radius 3 is 1.79 bits per heavy atom. The van der Waals surface area contributed by atoms with E-state index in [1.165, 1.54) is 38.1 Å². The summed E-state index contributed by atoms with van der Waals surface area (Å²) < 4.78 is 10.4. The molecule has 196 valence electrons. The van der Waals surface area contributed by atoms with Crippen LogP contribution in [0.4, 0.5) is 5.69 Å². The van der Waals surface area contributed by atoms with Gasteiger partial charge in [-0.3, -0.25) is 19.2 Å². The van der Waals surface area contributed by atoms with Gasteiger partial charge in [-0.25, -0.2) is 4.79 Å². The predicted octanol–water partition coefficient (Wildman–Crippen LogP) is 4.96. The second-order valence-electron chi connectivity index (χ2n) is 8.77. The number of rotatable bonds is 11. The fraction of sp³-hybridized carbons (Fsp3) is 0.233. The molecule has 8 heteroatoms. The molecule has 0 aliphatic carbocycles. The van der Waals surface area contributed by atoms with Crippen molar-refractivity contribution >= 4 is 35.1 Å². The van der Waals surface area contributed by atoms with Gasteiger partial charge in [0.2, 0.25) is 17.5 Å². The van der Waals surface area contributed by atoms with Crippen LogP contribution < -0.4 is 5.32 Å². The number of anilines is 1. The normalized spacial score (nSPS) is 12.1. The Labute approximate surface area is 221 Å². The van der Waals surface area contributed by atoms with Gasteiger partial charge in [0.25, 0.3) is 0 Å². The van der Waals surface area contributed by atoms with Crippen LogP contribution >= 0.6 is 0 Å². The summed E-state index contributed by atoms with van der Waals surface area (Å²) in [6.07, 6.45) is -2.27. The highest BCUT2D eigenvalue weighted by Crippen LogP contribution is 2.14. The molecule has 0 aromatic heterocycles. The first-order chi connectivity index (χ1) is 18.1. The zero-order valence-corrected chi connectivity index (χ0v) is 21.4. The zero-order chi connectivity index (χ0) is 27.7. The van der Waals surface area contributed by atoms with E-state index in [0.717, 1.165) is 5.56 Å². The first-order valence-electron chi connectivity index (χ1n) is 12.1. The number of esters is 2. The van der Waals surface area contributed by atoms with Crippen molar-refractivity contribution < 1.29 is 33.4 Å². The number of ether oxygens (including phenoxy) is 2. The van der Waals surface area contributed by atoms with Crippen molar-refractivity contribution in [3.05, 3.63) is 101 Å². The second kappa shape index (κ2) is 13.1. The lowest BCUT2D eigenvalue weighted by atomic mass is 10.1. The average Bonchev–Trinajstić information content (AvgIpc) is 2.92. The van der Waals surface area contributed by atoms with Gasteiger partial charge in [-0.2, -0.15) is 0 Å². The lowest BCUT2D eigenvalue weighted by Gasteiger charge is -2.13. The van der Waals surface area contributed by atoms with Crippen molar-refractivity contribution in [2.75, 3.05) is 5.32 Å². The summed E-state index contributed by atoms with van der Waals surface area (Å²) in [5, 5.41) is 2.63. The Hall–Kier alpha value is -4.59. The van der Waals surface area contributed by atoms with Crippen molar-refractivity contribution in [1.29, 1.82) is 0 Å². The fourth-order valence-corrected chi connectivity index (χ4v) is 3.51. The van der Waals surface area contributed by atoms with E-state index >= 15 is 0 Å². The quantitative estimate of drug-likeness (QED) is 0.284. The molecule has 0 aliphatic heterocycles. The molecule has 1 N–H and O–H groups in total. The minimum absolute atomic E-state index is 0.146. The second-order valence-corrected chi connectivity index (χ2v) is 8.77. The smallest absolute Gasteiger partial charge is 0.338 e. The van der Waals surface area contributed by atoms with Crippen LogP contribution in [0.5, 0.6) is 0 Å². The molecule has 0 aliphatic rings. The molecule has 0 fully saturated rings. The van der Waals surface area contributed by atoms with Crippen LogP contribution in [-0.2, 0) is 19.1 Å². The molecule has 1 amide bonds. The molecule has 0 saturated heterocycles. The summed E-state index contributed by atoms with van der Waals surface area (Å²) in [6.45, 7) is 4.90. The number of benzene rings is 3. The largest absolute Gasteiger partial charge is 0.454 e. The first kappa shape index (κ1) is 28.0. The number of hydrogen-bond acceptors (Lipinski definition) is 7. The Bertz CT molecular complexity index is 1300. The Morgan fingerprint density at radius 2 is 1.18 bits per heavy atom. The molecular formula is C30H29NO7. The summed E-state index contributed by atoms with van der Waals surface area (Å²) in [6, 6.07) is 21.4. The summed E-state index contributed by atoms with van der Waals surface area (Å²) in [7, 11) is 0. The maximum atomic E-state index is 12.4. The van der Waals surface area contributed by atoms with Gasteiger partial charge in [-0.1, -0.05) is 60.2 Å². The highest BCUT2D eigenvalue weighted by Gasteiger charge is 2.21. The van der Waals surface area contributed by atoms with Gasteiger partial charge in [-0.05, 0) is 45.0 Å².